The van der Waals surface area contributed by atoms with E-state index in [0.717, 1.165) is 12.8 Å². The Labute approximate surface area is 95.7 Å². The van der Waals surface area contributed by atoms with Crippen molar-refractivity contribution >= 4 is 0 Å². The fourth-order valence-electron chi connectivity index (χ4n) is 2.02. The molecule has 3 heteroatoms. The zero-order valence-corrected chi connectivity index (χ0v) is 9.84. The minimum Gasteiger partial charge on any atom is -0.327 e. The average Bonchev–Trinajstić information content (AvgIpc) is 2.25. The molecule has 0 radical (unpaired) electrons. The van der Waals surface area contributed by atoms with Gasteiger partial charge in [-0.1, -0.05) is 32.8 Å². The Bertz CT molecular complexity index is 314. The molecule has 0 spiro atoms. The quantitative estimate of drug-likeness (QED) is 0.820. The van der Waals surface area contributed by atoms with Crippen LogP contribution in [0, 0.1) is 17.6 Å². The van der Waals surface area contributed by atoms with Crippen LogP contribution in [0.15, 0.2) is 18.2 Å². The van der Waals surface area contributed by atoms with Gasteiger partial charge in [-0.05, 0) is 24.5 Å². The lowest BCUT2D eigenvalue weighted by atomic mass is 9.90. The van der Waals surface area contributed by atoms with E-state index in [0.29, 0.717) is 5.92 Å². The van der Waals surface area contributed by atoms with Crippen LogP contribution in [-0.2, 0) is 6.42 Å². The molecular weight excluding hydrogens is 208 g/mol. The van der Waals surface area contributed by atoms with Crippen LogP contribution in [0.5, 0.6) is 0 Å². The zero-order valence-electron chi connectivity index (χ0n) is 9.84. The highest BCUT2D eigenvalue weighted by Gasteiger charge is 2.18. The third kappa shape index (κ3) is 3.01. The van der Waals surface area contributed by atoms with Gasteiger partial charge >= 0.3 is 0 Å². The standard InChI is InChI=1S/C13H19F2N/c1-3-9(4-2)13(16)8-10-11(14)6-5-7-12(10)15/h5-7,9,13H,3-4,8,16H2,1-2H3. The zero-order chi connectivity index (χ0) is 12.1. The first-order chi connectivity index (χ1) is 7.60. The SMILES string of the molecule is CCC(CC)C(N)Cc1c(F)cccc1F. The lowest BCUT2D eigenvalue weighted by Crippen LogP contribution is -2.32. The normalized spacial score (nSPS) is 13.1. The lowest BCUT2D eigenvalue weighted by Gasteiger charge is -2.21. The molecule has 2 N–H and O–H groups in total. The number of nitrogens with two attached hydrogens (primary N) is 1. The average molecular weight is 227 g/mol. The smallest absolute Gasteiger partial charge is 0.129 e. The third-order valence-corrected chi connectivity index (χ3v) is 3.16. The molecule has 0 aliphatic rings. The predicted molar refractivity (Wildman–Crippen MR) is 62.1 cm³/mol. The maximum Gasteiger partial charge on any atom is 0.129 e. The molecule has 0 fully saturated rings. The van der Waals surface area contributed by atoms with Gasteiger partial charge in [-0.15, -0.1) is 0 Å². The van der Waals surface area contributed by atoms with Gasteiger partial charge in [0.1, 0.15) is 11.6 Å². The molecule has 0 aliphatic carbocycles. The molecule has 0 saturated heterocycles. The molecule has 0 bridgehead atoms. The summed E-state index contributed by atoms with van der Waals surface area (Å²) in [6.45, 7) is 4.09. The topological polar surface area (TPSA) is 26.0 Å². The second-order valence-corrected chi connectivity index (χ2v) is 4.14. The third-order valence-electron chi connectivity index (χ3n) is 3.16. The maximum atomic E-state index is 13.4. The summed E-state index contributed by atoms with van der Waals surface area (Å²) in [5, 5.41) is 0. The number of hydrogen-bond acceptors (Lipinski definition) is 1. The van der Waals surface area contributed by atoms with E-state index in [9.17, 15) is 8.78 Å². The molecule has 0 saturated carbocycles. The monoisotopic (exact) mass is 227 g/mol. The first-order valence-electron chi connectivity index (χ1n) is 5.78. The van der Waals surface area contributed by atoms with E-state index in [2.05, 4.69) is 0 Å². The minimum atomic E-state index is -0.499. The first-order valence-corrected chi connectivity index (χ1v) is 5.78. The Morgan fingerprint density at radius 1 is 1.12 bits per heavy atom. The van der Waals surface area contributed by atoms with Crippen molar-refractivity contribution in [2.45, 2.75) is 39.2 Å². The molecule has 1 unspecified atom stereocenters. The number of benzene rings is 1. The summed E-state index contributed by atoms with van der Waals surface area (Å²) >= 11 is 0. The van der Waals surface area contributed by atoms with Crippen LogP contribution in [0.2, 0.25) is 0 Å². The highest BCUT2D eigenvalue weighted by Crippen LogP contribution is 2.19. The van der Waals surface area contributed by atoms with Gasteiger partial charge < -0.3 is 5.73 Å². The summed E-state index contributed by atoms with van der Waals surface area (Å²) in [5.41, 5.74) is 6.09. The van der Waals surface area contributed by atoms with Gasteiger partial charge in [0.2, 0.25) is 0 Å². The Balaban J connectivity index is 2.80. The Kier molecular flexibility index (Phi) is 4.87. The van der Waals surface area contributed by atoms with Crippen molar-refractivity contribution in [2.75, 3.05) is 0 Å². The highest BCUT2D eigenvalue weighted by atomic mass is 19.1. The van der Waals surface area contributed by atoms with Crippen molar-refractivity contribution in [3.05, 3.63) is 35.4 Å². The largest absolute Gasteiger partial charge is 0.327 e. The molecule has 0 amide bonds. The van der Waals surface area contributed by atoms with E-state index in [-0.39, 0.29) is 18.0 Å². The molecular formula is C13H19F2N. The second kappa shape index (κ2) is 5.94. The molecule has 1 aromatic rings. The van der Waals surface area contributed by atoms with Crippen LogP contribution >= 0.6 is 0 Å². The van der Waals surface area contributed by atoms with E-state index in [1.54, 1.807) is 0 Å². The van der Waals surface area contributed by atoms with Crippen molar-refractivity contribution in [1.82, 2.24) is 0 Å². The predicted octanol–water partition coefficient (Wildman–Crippen LogP) is 3.27. The number of halogens is 2. The van der Waals surface area contributed by atoms with Crippen molar-refractivity contribution in [3.8, 4) is 0 Å². The fraction of sp³-hybridized carbons (Fsp3) is 0.538. The van der Waals surface area contributed by atoms with Gasteiger partial charge in [-0.3, -0.25) is 0 Å². The van der Waals surface area contributed by atoms with Crippen LogP contribution in [-0.4, -0.2) is 6.04 Å². The molecule has 16 heavy (non-hydrogen) atoms. The lowest BCUT2D eigenvalue weighted by molar-refractivity contribution is 0.384. The molecule has 1 rings (SSSR count). The van der Waals surface area contributed by atoms with Crippen LogP contribution < -0.4 is 5.73 Å². The Hall–Kier alpha value is -0.960. The van der Waals surface area contributed by atoms with E-state index >= 15 is 0 Å². The Morgan fingerprint density at radius 2 is 1.62 bits per heavy atom. The summed E-state index contributed by atoms with van der Waals surface area (Å²) in [7, 11) is 0. The summed E-state index contributed by atoms with van der Waals surface area (Å²) in [5.74, 6) is -0.679. The molecule has 1 aromatic carbocycles. The van der Waals surface area contributed by atoms with Crippen LogP contribution in [0.25, 0.3) is 0 Å². The van der Waals surface area contributed by atoms with E-state index in [1.807, 2.05) is 13.8 Å². The fourth-order valence-corrected chi connectivity index (χ4v) is 2.02. The van der Waals surface area contributed by atoms with Gasteiger partial charge in [-0.2, -0.15) is 0 Å². The summed E-state index contributed by atoms with van der Waals surface area (Å²) < 4.78 is 26.8. The second-order valence-electron chi connectivity index (χ2n) is 4.14. The van der Waals surface area contributed by atoms with Crippen LogP contribution in [0.3, 0.4) is 0 Å². The van der Waals surface area contributed by atoms with Crippen molar-refractivity contribution in [3.63, 3.8) is 0 Å². The number of hydrogen-bond donors (Lipinski definition) is 1. The maximum absolute atomic E-state index is 13.4. The number of rotatable bonds is 5. The van der Waals surface area contributed by atoms with Crippen LogP contribution in [0.4, 0.5) is 8.78 Å². The first kappa shape index (κ1) is 13.1. The van der Waals surface area contributed by atoms with Crippen molar-refractivity contribution < 1.29 is 8.78 Å². The molecule has 0 aliphatic heterocycles. The van der Waals surface area contributed by atoms with Gasteiger partial charge in [0.15, 0.2) is 0 Å². The van der Waals surface area contributed by atoms with E-state index in [1.165, 1.54) is 18.2 Å². The highest BCUT2D eigenvalue weighted by molar-refractivity contribution is 5.20. The van der Waals surface area contributed by atoms with E-state index < -0.39 is 11.6 Å². The van der Waals surface area contributed by atoms with Crippen LogP contribution in [0.1, 0.15) is 32.3 Å². The molecule has 90 valence electrons. The van der Waals surface area contributed by atoms with Gasteiger partial charge in [0.05, 0.1) is 0 Å². The summed E-state index contributed by atoms with van der Waals surface area (Å²) in [4.78, 5) is 0. The molecule has 0 aromatic heterocycles. The summed E-state index contributed by atoms with van der Waals surface area (Å²) in [6, 6.07) is 3.74. The minimum absolute atomic E-state index is 0.113. The molecule has 0 heterocycles. The van der Waals surface area contributed by atoms with Gasteiger partial charge in [0.25, 0.3) is 0 Å². The van der Waals surface area contributed by atoms with Gasteiger partial charge in [0, 0.05) is 11.6 Å². The van der Waals surface area contributed by atoms with Gasteiger partial charge in [-0.25, -0.2) is 8.78 Å². The van der Waals surface area contributed by atoms with Crippen molar-refractivity contribution in [1.29, 1.82) is 0 Å². The summed E-state index contributed by atoms with van der Waals surface area (Å²) in [6.07, 6.45) is 2.15. The van der Waals surface area contributed by atoms with Crippen molar-refractivity contribution in [2.24, 2.45) is 11.7 Å². The Morgan fingerprint density at radius 3 is 2.06 bits per heavy atom. The molecule has 1 nitrogen and oxygen atoms in total. The molecule has 1 atom stereocenters. The van der Waals surface area contributed by atoms with E-state index in [4.69, 9.17) is 5.73 Å².